The zero-order valence-electron chi connectivity index (χ0n) is 10.3. The van der Waals surface area contributed by atoms with E-state index in [4.69, 9.17) is 5.73 Å². The molecule has 1 amide bonds. The minimum Gasteiger partial charge on any atom is -0.348 e. The van der Waals surface area contributed by atoms with E-state index in [0.29, 0.717) is 18.2 Å². The molecule has 1 aromatic rings. The summed E-state index contributed by atoms with van der Waals surface area (Å²) < 4.78 is 0. The minimum absolute atomic E-state index is 0.0973. The number of carbonyl (C=O) groups excluding carboxylic acids is 1. The van der Waals surface area contributed by atoms with Crippen LogP contribution in [0.2, 0.25) is 0 Å². The van der Waals surface area contributed by atoms with Crippen LogP contribution in [0.1, 0.15) is 24.8 Å². The number of rotatable bonds is 7. The minimum atomic E-state index is 0.0973. The first-order valence-electron chi connectivity index (χ1n) is 5.74. The Morgan fingerprint density at radius 1 is 1.59 bits per heavy atom. The average molecular weight is 272 g/mol. The van der Waals surface area contributed by atoms with Gasteiger partial charge in [-0.2, -0.15) is 11.8 Å². The Labute approximate surface area is 111 Å². The van der Waals surface area contributed by atoms with Crippen LogP contribution in [-0.2, 0) is 4.79 Å². The van der Waals surface area contributed by atoms with Crippen LogP contribution in [-0.4, -0.2) is 24.0 Å². The summed E-state index contributed by atoms with van der Waals surface area (Å²) in [6, 6.07) is 4.15. The van der Waals surface area contributed by atoms with Crippen molar-refractivity contribution in [2.75, 3.05) is 18.1 Å². The molecule has 0 fully saturated rings. The Bertz CT molecular complexity index is 327. The molecule has 1 heterocycles. The highest BCUT2D eigenvalue weighted by molar-refractivity contribution is 7.99. The molecule has 0 aliphatic rings. The van der Waals surface area contributed by atoms with E-state index in [2.05, 4.69) is 12.2 Å². The van der Waals surface area contributed by atoms with E-state index in [-0.39, 0.29) is 11.9 Å². The second-order valence-electron chi connectivity index (χ2n) is 4.16. The van der Waals surface area contributed by atoms with Gasteiger partial charge in [0, 0.05) is 4.88 Å². The van der Waals surface area contributed by atoms with Crippen molar-refractivity contribution in [1.29, 1.82) is 0 Å². The number of hydrogen-bond donors (Lipinski definition) is 2. The summed E-state index contributed by atoms with van der Waals surface area (Å²) in [5.41, 5.74) is 5.52. The lowest BCUT2D eigenvalue weighted by Gasteiger charge is -2.12. The van der Waals surface area contributed by atoms with Crippen LogP contribution in [0.5, 0.6) is 0 Å². The van der Waals surface area contributed by atoms with Gasteiger partial charge in [0.25, 0.3) is 0 Å². The maximum absolute atomic E-state index is 11.7. The molecule has 1 aromatic heterocycles. The molecule has 2 atom stereocenters. The van der Waals surface area contributed by atoms with Crippen molar-refractivity contribution >= 4 is 29.0 Å². The van der Waals surface area contributed by atoms with Gasteiger partial charge in [-0.1, -0.05) is 13.0 Å². The number of nitrogens with two attached hydrogens (primary N) is 1. The second-order valence-corrected chi connectivity index (χ2v) is 6.17. The predicted molar refractivity (Wildman–Crippen MR) is 76.4 cm³/mol. The summed E-state index contributed by atoms with van der Waals surface area (Å²) in [7, 11) is 0. The van der Waals surface area contributed by atoms with Gasteiger partial charge in [-0.05, 0) is 36.6 Å². The highest BCUT2D eigenvalue weighted by Crippen LogP contribution is 2.18. The molecule has 3 N–H and O–H groups in total. The smallest absolute Gasteiger partial charge is 0.230 e. The monoisotopic (exact) mass is 272 g/mol. The quantitative estimate of drug-likeness (QED) is 0.800. The molecule has 2 unspecified atom stereocenters. The maximum Gasteiger partial charge on any atom is 0.230 e. The average Bonchev–Trinajstić information content (AvgIpc) is 2.82. The Hall–Kier alpha value is -0.520. The second kappa shape index (κ2) is 7.74. The number of carbonyl (C=O) groups is 1. The van der Waals surface area contributed by atoms with Gasteiger partial charge < -0.3 is 11.1 Å². The lowest BCUT2D eigenvalue weighted by molar-refractivity contribution is -0.119. The Kier molecular flexibility index (Phi) is 6.62. The van der Waals surface area contributed by atoms with E-state index in [1.807, 2.05) is 24.4 Å². The molecular weight excluding hydrogens is 252 g/mol. The van der Waals surface area contributed by atoms with E-state index in [1.54, 1.807) is 23.1 Å². The number of hydrogen-bond acceptors (Lipinski definition) is 4. The first-order valence-corrected chi connectivity index (χ1v) is 7.77. The van der Waals surface area contributed by atoms with Crippen molar-refractivity contribution in [3.05, 3.63) is 22.4 Å². The van der Waals surface area contributed by atoms with Crippen molar-refractivity contribution in [3.63, 3.8) is 0 Å². The Morgan fingerprint density at radius 3 is 2.94 bits per heavy atom. The van der Waals surface area contributed by atoms with E-state index in [0.717, 1.165) is 5.75 Å². The Morgan fingerprint density at radius 2 is 2.35 bits per heavy atom. The lowest BCUT2D eigenvalue weighted by atomic mass is 10.2. The van der Waals surface area contributed by atoms with Crippen molar-refractivity contribution in [2.45, 2.75) is 19.9 Å². The van der Waals surface area contributed by atoms with Gasteiger partial charge >= 0.3 is 0 Å². The van der Waals surface area contributed by atoms with Crippen molar-refractivity contribution in [1.82, 2.24) is 5.32 Å². The SMILES string of the molecule is CC(CN)CSCC(=O)NC(C)c1cccs1. The van der Waals surface area contributed by atoms with Crippen LogP contribution in [0.15, 0.2) is 17.5 Å². The molecule has 96 valence electrons. The van der Waals surface area contributed by atoms with Gasteiger partial charge in [-0.3, -0.25) is 4.79 Å². The van der Waals surface area contributed by atoms with E-state index in [9.17, 15) is 4.79 Å². The normalized spacial score (nSPS) is 14.3. The van der Waals surface area contributed by atoms with Crippen LogP contribution in [0.25, 0.3) is 0 Å². The van der Waals surface area contributed by atoms with Gasteiger partial charge in [0.2, 0.25) is 5.91 Å². The molecule has 0 saturated carbocycles. The summed E-state index contributed by atoms with van der Waals surface area (Å²) in [5.74, 6) is 2.03. The molecule has 0 spiro atoms. The van der Waals surface area contributed by atoms with Gasteiger partial charge in [0.1, 0.15) is 0 Å². The van der Waals surface area contributed by atoms with E-state index in [1.165, 1.54) is 4.88 Å². The summed E-state index contributed by atoms with van der Waals surface area (Å²) in [6.07, 6.45) is 0. The summed E-state index contributed by atoms with van der Waals surface area (Å²) in [6.45, 7) is 4.79. The molecule has 0 aliphatic carbocycles. The zero-order chi connectivity index (χ0) is 12.7. The number of thiophene rings is 1. The summed E-state index contributed by atoms with van der Waals surface area (Å²) in [4.78, 5) is 12.9. The Balaban J connectivity index is 2.21. The fourth-order valence-corrected chi connectivity index (χ4v) is 2.97. The van der Waals surface area contributed by atoms with Crippen LogP contribution >= 0.6 is 23.1 Å². The highest BCUT2D eigenvalue weighted by atomic mass is 32.2. The van der Waals surface area contributed by atoms with Crippen molar-refractivity contribution in [3.8, 4) is 0 Å². The van der Waals surface area contributed by atoms with Crippen LogP contribution in [0, 0.1) is 5.92 Å². The fraction of sp³-hybridized carbons (Fsp3) is 0.583. The third-order valence-corrected chi connectivity index (χ3v) is 4.71. The van der Waals surface area contributed by atoms with E-state index < -0.39 is 0 Å². The first-order chi connectivity index (χ1) is 8.13. The summed E-state index contributed by atoms with van der Waals surface area (Å²) >= 11 is 3.31. The fourth-order valence-electron chi connectivity index (χ4n) is 1.31. The van der Waals surface area contributed by atoms with Crippen LogP contribution in [0.3, 0.4) is 0 Å². The van der Waals surface area contributed by atoms with Crippen LogP contribution in [0.4, 0.5) is 0 Å². The molecule has 0 saturated heterocycles. The third-order valence-electron chi connectivity index (χ3n) is 2.39. The molecule has 0 radical (unpaired) electrons. The van der Waals surface area contributed by atoms with E-state index >= 15 is 0 Å². The largest absolute Gasteiger partial charge is 0.348 e. The number of amides is 1. The topological polar surface area (TPSA) is 55.1 Å². The summed E-state index contributed by atoms with van der Waals surface area (Å²) in [5, 5.41) is 5.02. The van der Waals surface area contributed by atoms with Crippen molar-refractivity contribution < 1.29 is 4.79 Å². The van der Waals surface area contributed by atoms with Gasteiger partial charge in [-0.25, -0.2) is 0 Å². The highest BCUT2D eigenvalue weighted by Gasteiger charge is 2.10. The number of nitrogens with one attached hydrogen (secondary N) is 1. The van der Waals surface area contributed by atoms with Gasteiger partial charge in [0.05, 0.1) is 11.8 Å². The predicted octanol–water partition coefficient (Wildman–Crippen LogP) is 2.25. The molecule has 3 nitrogen and oxygen atoms in total. The first kappa shape index (κ1) is 14.5. The maximum atomic E-state index is 11.7. The molecule has 1 rings (SSSR count). The molecule has 5 heteroatoms. The zero-order valence-corrected chi connectivity index (χ0v) is 11.9. The third kappa shape index (κ3) is 5.57. The number of thioether (sulfide) groups is 1. The van der Waals surface area contributed by atoms with Crippen LogP contribution < -0.4 is 11.1 Å². The van der Waals surface area contributed by atoms with Crippen molar-refractivity contribution in [2.24, 2.45) is 11.7 Å². The standard InChI is InChI=1S/C12H20N2OS2/c1-9(6-13)7-16-8-12(15)14-10(2)11-4-3-5-17-11/h3-5,9-10H,6-8,13H2,1-2H3,(H,14,15). The molecule has 0 bridgehead atoms. The molecule has 0 aromatic carbocycles. The van der Waals surface area contributed by atoms with Gasteiger partial charge in [0.15, 0.2) is 0 Å². The lowest BCUT2D eigenvalue weighted by Crippen LogP contribution is -2.28. The molecule has 17 heavy (non-hydrogen) atoms. The molecular formula is C12H20N2OS2. The van der Waals surface area contributed by atoms with Gasteiger partial charge in [-0.15, -0.1) is 11.3 Å². The molecule has 0 aliphatic heterocycles.